The third-order valence-electron chi connectivity index (χ3n) is 3.03. The van der Waals surface area contributed by atoms with E-state index in [4.69, 9.17) is 9.47 Å². The molecule has 0 amide bonds. The summed E-state index contributed by atoms with van der Waals surface area (Å²) in [5.74, 6) is 1.42. The quantitative estimate of drug-likeness (QED) is 0.394. The average Bonchev–Trinajstić information content (AvgIpc) is 2.58. The van der Waals surface area contributed by atoms with E-state index in [0.29, 0.717) is 36.1 Å². The molecule has 6 heteroatoms. The fourth-order valence-electron chi connectivity index (χ4n) is 1.90. The molecule has 0 radical (unpaired) electrons. The van der Waals surface area contributed by atoms with Gasteiger partial charge in [0.05, 0.1) is 13.2 Å². The molecular weight excluding hydrogens is 436 g/mol. The summed E-state index contributed by atoms with van der Waals surface area (Å²) in [7, 11) is 0. The molecule has 0 saturated carbocycles. The minimum absolute atomic E-state index is 0.641. The van der Waals surface area contributed by atoms with Crippen molar-refractivity contribution in [2.24, 2.45) is 10.2 Å². The van der Waals surface area contributed by atoms with Crippen LogP contribution in [-0.2, 0) is 0 Å². The Kier molecular flexibility index (Phi) is 7.72. The number of halogens is 2. The van der Waals surface area contributed by atoms with Crippen LogP contribution in [0.25, 0.3) is 0 Å². The molecule has 0 aromatic heterocycles. The second-order valence-electron chi connectivity index (χ2n) is 5.12. The molecule has 0 fully saturated rings. The van der Waals surface area contributed by atoms with Crippen molar-refractivity contribution in [2.45, 2.75) is 26.7 Å². The first-order valence-electron chi connectivity index (χ1n) is 7.90. The first-order valence-corrected chi connectivity index (χ1v) is 9.49. The lowest BCUT2D eigenvalue weighted by molar-refractivity contribution is 0.317. The van der Waals surface area contributed by atoms with Crippen LogP contribution in [0.15, 0.2) is 55.6 Å². The predicted molar refractivity (Wildman–Crippen MR) is 104 cm³/mol. The van der Waals surface area contributed by atoms with E-state index in [0.717, 1.165) is 21.8 Å². The Balaban J connectivity index is 2.27. The Bertz CT molecular complexity index is 646. The standard InChI is InChI=1S/C18H20Br2N2O2/c1-3-9-23-17-11-13(19)5-7-15(17)21-22-16-8-6-14(20)12-18(16)24-10-4-2/h5-8,11-12H,3-4,9-10H2,1-2H3. The molecule has 0 unspecified atom stereocenters. The molecule has 24 heavy (non-hydrogen) atoms. The van der Waals surface area contributed by atoms with Crippen LogP contribution in [-0.4, -0.2) is 13.2 Å². The summed E-state index contributed by atoms with van der Waals surface area (Å²) in [6.07, 6.45) is 1.87. The van der Waals surface area contributed by atoms with E-state index in [1.54, 1.807) is 0 Å². The Morgan fingerprint density at radius 1 is 0.750 bits per heavy atom. The molecule has 128 valence electrons. The monoisotopic (exact) mass is 454 g/mol. The number of benzene rings is 2. The van der Waals surface area contributed by atoms with Crippen LogP contribution >= 0.6 is 31.9 Å². The summed E-state index contributed by atoms with van der Waals surface area (Å²) in [5, 5.41) is 8.71. The summed E-state index contributed by atoms with van der Waals surface area (Å²) in [6.45, 7) is 5.42. The van der Waals surface area contributed by atoms with Gasteiger partial charge in [-0.15, -0.1) is 10.2 Å². The first kappa shape index (κ1) is 18.9. The van der Waals surface area contributed by atoms with Crippen LogP contribution in [0.3, 0.4) is 0 Å². The minimum atomic E-state index is 0.641. The summed E-state index contributed by atoms with van der Waals surface area (Å²) in [6, 6.07) is 11.4. The van der Waals surface area contributed by atoms with Crippen molar-refractivity contribution >= 4 is 43.2 Å². The summed E-state index contributed by atoms with van der Waals surface area (Å²) >= 11 is 6.91. The van der Waals surface area contributed by atoms with Crippen LogP contribution in [0.4, 0.5) is 11.4 Å². The van der Waals surface area contributed by atoms with Gasteiger partial charge in [-0.1, -0.05) is 45.7 Å². The summed E-state index contributed by atoms with van der Waals surface area (Å²) in [5.41, 5.74) is 1.38. The van der Waals surface area contributed by atoms with Crippen LogP contribution in [0, 0.1) is 0 Å². The Hall–Kier alpha value is -1.40. The lowest BCUT2D eigenvalue weighted by atomic mass is 10.3. The zero-order valence-corrected chi connectivity index (χ0v) is 16.9. The molecule has 0 spiro atoms. The van der Waals surface area contributed by atoms with Gasteiger partial charge in [-0.25, -0.2) is 0 Å². The third-order valence-corrected chi connectivity index (χ3v) is 4.02. The largest absolute Gasteiger partial charge is 0.491 e. The van der Waals surface area contributed by atoms with Gasteiger partial charge in [0.1, 0.15) is 22.9 Å². The van der Waals surface area contributed by atoms with Gasteiger partial charge in [-0.2, -0.15) is 0 Å². The maximum Gasteiger partial charge on any atom is 0.147 e. The smallest absolute Gasteiger partial charge is 0.147 e. The van der Waals surface area contributed by atoms with E-state index in [-0.39, 0.29) is 0 Å². The number of hydrogen-bond acceptors (Lipinski definition) is 4. The average molecular weight is 456 g/mol. The Morgan fingerprint density at radius 3 is 1.54 bits per heavy atom. The molecule has 0 saturated heterocycles. The second-order valence-corrected chi connectivity index (χ2v) is 6.95. The van der Waals surface area contributed by atoms with Gasteiger partial charge in [0.25, 0.3) is 0 Å². The molecule has 0 aliphatic carbocycles. The second kappa shape index (κ2) is 9.79. The van der Waals surface area contributed by atoms with Gasteiger partial charge in [0, 0.05) is 8.95 Å². The van der Waals surface area contributed by atoms with E-state index >= 15 is 0 Å². The van der Waals surface area contributed by atoms with Crippen molar-refractivity contribution < 1.29 is 9.47 Å². The van der Waals surface area contributed by atoms with Gasteiger partial charge in [0.2, 0.25) is 0 Å². The maximum absolute atomic E-state index is 5.75. The highest BCUT2D eigenvalue weighted by Crippen LogP contribution is 2.35. The molecule has 0 aliphatic rings. The molecule has 0 bridgehead atoms. The maximum atomic E-state index is 5.75. The molecule has 2 aromatic rings. The Morgan fingerprint density at radius 2 is 1.17 bits per heavy atom. The van der Waals surface area contributed by atoms with E-state index < -0.39 is 0 Å². The number of hydrogen-bond donors (Lipinski definition) is 0. The van der Waals surface area contributed by atoms with E-state index in [1.165, 1.54) is 0 Å². The van der Waals surface area contributed by atoms with Gasteiger partial charge >= 0.3 is 0 Å². The molecule has 2 rings (SSSR count). The van der Waals surface area contributed by atoms with E-state index in [1.807, 2.05) is 36.4 Å². The Labute approximate surface area is 159 Å². The number of azo groups is 1. The summed E-state index contributed by atoms with van der Waals surface area (Å²) < 4.78 is 13.4. The number of nitrogens with zero attached hydrogens (tertiary/aromatic N) is 2. The van der Waals surface area contributed by atoms with Crippen molar-refractivity contribution in [1.29, 1.82) is 0 Å². The van der Waals surface area contributed by atoms with Crippen molar-refractivity contribution in [1.82, 2.24) is 0 Å². The highest BCUT2D eigenvalue weighted by Gasteiger charge is 2.07. The van der Waals surface area contributed by atoms with E-state index in [2.05, 4.69) is 55.9 Å². The molecule has 0 atom stereocenters. The lowest BCUT2D eigenvalue weighted by Gasteiger charge is -2.09. The summed E-state index contributed by atoms with van der Waals surface area (Å²) in [4.78, 5) is 0. The molecule has 0 N–H and O–H groups in total. The third kappa shape index (κ3) is 5.60. The highest BCUT2D eigenvalue weighted by atomic mass is 79.9. The van der Waals surface area contributed by atoms with Crippen molar-refractivity contribution in [3.63, 3.8) is 0 Å². The SMILES string of the molecule is CCCOc1cc(Br)ccc1N=Nc1ccc(Br)cc1OCCC. The zero-order valence-electron chi connectivity index (χ0n) is 13.8. The minimum Gasteiger partial charge on any atom is -0.491 e. The van der Waals surface area contributed by atoms with Crippen LogP contribution in [0.2, 0.25) is 0 Å². The van der Waals surface area contributed by atoms with Crippen molar-refractivity contribution in [2.75, 3.05) is 13.2 Å². The number of rotatable bonds is 8. The molecule has 2 aromatic carbocycles. The normalized spacial score (nSPS) is 11.0. The van der Waals surface area contributed by atoms with E-state index in [9.17, 15) is 0 Å². The van der Waals surface area contributed by atoms with Gasteiger partial charge in [-0.05, 0) is 49.2 Å². The van der Waals surface area contributed by atoms with Gasteiger partial charge in [-0.3, -0.25) is 0 Å². The zero-order chi connectivity index (χ0) is 17.4. The molecular formula is C18H20Br2N2O2. The topological polar surface area (TPSA) is 43.2 Å². The predicted octanol–water partition coefficient (Wildman–Crippen LogP) is 7.20. The van der Waals surface area contributed by atoms with Crippen molar-refractivity contribution in [3.05, 3.63) is 45.3 Å². The molecule has 0 heterocycles. The van der Waals surface area contributed by atoms with Crippen LogP contribution < -0.4 is 9.47 Å². The molecule has 4 nitrogen and oxygen atoms in total. The van der Waals surface area contributed by atoms with Crippen LogP contribution in [0.1, 0.15) is 26.7 Å². The number of ether oxygens (including phenoxy) is 2. The van der Waals surface area contributed by atoms with Gasteiger partial charge < -0.3 is 9.47 Å². The fraction of sp³-hybridized carbons (Fsp3) is 0.333. The van der Waals surface area contributed by atoms with Crippen molar-refractivity contribution in [3.8, 4) is 11.5 Å². The highest BCUT2D eigenvalue weighted by molar-refractivity contribution is 9.10. The molecule has 0 aliphatic heterocycles. The first-order chi connectivity index (χ1) is 11.6. The lowest BCUT2D eigenvalue weighted by Crippen LogP contribution is -1.95. The van der Waals surface area contributed by atoms with Gasteiger partial charge in [0.15, 0.2) is 0 Å². The fourth-order valence-corrected chi connectivity index (χ4v) is 2.58. The van der Waals surface area contributed by atoms with Crippen LogP contribution in [0.5, 0.6) is 11.5 Å².